The molecule has 25 heavy (non-hydrogen) atoms. The molecule has 0 amide bonds. The first kappa shape index (κ1) is 18.8. The lowest BCUT2D eigenvalue weighted by Crippen LogP contribution is -2.64. The summed E-state index contributed by atoms with van der Waals surface area (Å²) in [4.78, 5) is 0. The van der Waals surface area contributed by atoms with Crippen LogP contribution in [0, 0.1) is 0 Å². The van der Waals surface area contributed by atoms with Crippen LogP contribution in [0.15, 0.2) is 30.3 Å². The molecule has 2 aliphatic heterocycles. The van der Waals surface area contributed by atoms with Gasteiger partial charge in [0.1, 0.15) is 18.3 Å². The van der Waals surface area contributed by atoms with Crippen molar-refractivity contribution >= 4 is 0 Å². The third kappa shape index (κ3) is 3.60. The molecule has 1 aromatic rings. The van der Waals surface area contributed by atoms with Crippen LogP contribution in [0.2, 0.25) is 0 Å². The van der Waals surface area contributed by atoms with E-state index in [9.17, 15) is 0 Å². The number of ether oxygens (including phenoxy) is 6. The standard InChI is InChI=1S/C19H28O6/c1-6-19(21-5)16-14(23-18(2,3)24-16)15(17(20-4)25-19)22-12-13-10-8-7-9-11-13/h7-11,14-17H,6,12H2,1-5H3/t14-,15-,16-,17-,19-/m1/s1. The van der Waals surface area contributed by atoms with Crippen molar-refractivity contribution in [3.63, 3.8) is 0 Å². The van der Waals surface area contributed by atoms with Gasteiger partial charge in [0.25, 0.3) is 0 Å². The summed E-state index contributed by atoms with van der Waals surface area (Å²) in [5, 5.41) is 0. The normalized spacial score (nSPS) is 37.0. The summed E-state index contributed by atoms with van der Waals surface area (Å²) in [5.74, 6) is -1.67. The predicted octanol–water partition coefficient (Wildman–Crippen LogP) is 2.85. The zero-order valence-electron chi connectivity index (χ0n) is 15.6. The number of hydrogen-bond donors (Lipinski definition) is 0. The third-order valence-corrected chi connectivity index (χ3v) is 4.83. The highest BCUT2D eigenvalue weighted by Gasteiger charge is 2.62. The smallest absolute Gasteiger partial charge is 0.199 e. The van der Waals surface area contributed by atoms with Crippen molar-refractivity contribution in [2.45, 2.75) is 70.0 Å². The minimum Gasteiger partial charge on any atom is -0.365 e. The molecule has 140 valence electrons. The Morgan fingerprint density at radius 2 is 1.76 bits per heavy atom. The number of rotatable bonds is 6. The van der Waals surface area contributed by atoms with Gasteiger partial charge in [-0.05, 0) is 19.4 Å². The van der Waals surface area contributed by atoms with Crippen LogP contribution in [-0.2, 0) is 35.0 Å². The van der Waals surface area contributed by atoms with E-state index in [1.807, 2.05) is 51.1 Å². The Bertz CT molecular complexity index is 556. The SMILES string of the molecule is CC[C@@]1(OC)O[C@@H](OC)[C@H](OCc2ccccc2)[C@H]2OC(C)(C)O[C@H]21. The summed E-state index contributed by atoms with van der Waals surface area (Å²) in [5.41, 5.74) is 1.08. The molecule has 2 saturated heterocycles. The Balaban J connectivity index is 1.84. The van der Waals surface area contributed by atoms with E-state index >= 15 is 0 Å². The summed E-state index contributed by atoms with van der Waals surface area (Å²) < 4.78 is 35.9. The molecule has 0 N–H and O–H groups in total. The molecule has 2 fully saturated rings. The monoisotopic (exact) mass is 352 g/mol. The van der Waals surface area contributed by atoms with Gasteiger partial charge in [-0.2, -0.15) is 0 Å². The molecule has 0 spiro atoms. The van der Waals surface area contributed by atoms with Crippen molar-refractivity contribution < 1.29 is 28.4 Å². The summed E-state index contributed by atoms with van der Waals surface area (Å²) >= 11 is 0. The summed E-state index contributed by atoms with van der Waals surface area (Å²) in [6.07, 6.45) is -1.17. The Kier molecular flexibility index (Phi) is 5.48. The first-order valence-electron chi connectivity index (χ1n) is 8.71. The summed E-state index contributed by atoms with van der Waals surface area (Å²) in [6, 6.07) is 9.98. The molecule has 2 heterocycles. The van der Waals surface area contributed by atoms with Gasteiger partial charge in [-0.25, -0.2) is 0 Å². The highest BCUT2D eigenvalue weighted by atomic mass is 16.8. The van der Waals surface area contributed by atoms with Crippen LogP contribution in [-0.4, -0.2) is 50.4 Å². The van der Waals surface area contributed by atoms with E-state index in [2.05, 4.69) is 0 Å². The van der Waals surface area contributed by atoms with Gasteiger partial charge in [0.05, 0.1) is 6.61 Å². The average Bonchev–Trinajstić information content (AvgIpc) is 2.95. The lowest BCUT2D eigenvalue weighted by molar-refractivity contribution is -0.385. The second-order valence-electron chi connectivity index (χ2n) is 6.87. The highest BCUT2D eigenvalue weighted by molar-refractivity contribution is 5.13. The van der Waals surface area contributed by atoms with E-state index in [4.69, 9.17) is 28.4 Å². The molecule has 0 radical (unpaired) electrons. The zero-order chi connectivity index (χ0) is 18.1. The van der Waals surface area contributed by atoms with Crippen LogP contribution in [0.25, 0.3) is 0 Å². The van der Waals surface area contributed by atoms with E-state index in [0.29, 0.717) is 13.0 Å². The Hall–Kier alpha value is -1.02. The summed E-state index contributed by atoms with van der Waals surface area (Å²) in [7, 11) is 3.22. The Morgan fingerprint density at radius 1 is 1.04 bits per heavy atom. The summed E-state index contributed by atoms with van der Waals surface area (Å²) in [6.45, 7) is 6.20. The molecule has 0 bridgehead atoms. The van der Waals surface area contributed by atoms with Crippen LogP contribution in [0.1, 0.15) is 32.8 Å². The average molecular weight is 352 g/mol. The van der Waals surface area contributed by atoms with Gasteiger partial charge in [0, 0.05) is 20.6 Å². The number of hydrogen-bond acceptors (Lipinski definition) is 6. The fourth-order valence-electron chi connectivity index (χ4n) is 3.57. The van der Waals surface area contributed by atoms with Gasteiger partial charge in [-0.1, -0.05) is 37.3 Å². The van der Waals surface area contributed by atoms with Gasteiger partial charge in [-0.15, -0.1) is 0 Å². The van der Waals surface area contributed by atoms with Crippen molar-refractivity contribution in [2.75, 3.05) is 14.2 Å². The number of benzene rings is 1. The maximum atomic E-state index is 6.16. The highest BCUT2D eigenvalue weighted by Crippen LogP contribution is 2.45. The van der Waals surface area contributed by atoms with E-state index in [1.165, 1.54) is 0 Å². The molecule has 0 aromatic heterocycles. The number of methoxy groups -OCH3 is 2. The van der Waals surface area contributed by atoms with Crippen molar-refractivity contribution in [2.24, 2.45) is 0 Å². The Morgan fingerprint density at radius 3 is 2.36 bits per heavy atom. The van der Waals surface area contributed by atoms with E-state index in [-0.39, 0.29) is 6.10 Å². The van der Waals surface area contributed by atoms with Crippen molar-refractivity contribution in [3.05, 3.63) is 35.9 Å². The van der Waals surface area contributed by atoms with Crippen LogP contribution in [0.5, 0.6) is 0 Å². The molecule has 0 saturated carbocycles. The Labute approximate surface area is 149 Å². The molecule has 6 nitrogen and oxygen atoms in total. The molecular formula is C19H28O6. The fraction of sp³-hybridized carbons (Fsp3) is 0.684. The van der Waals surface area contributed by atoms with Gasteiger partial charge in [-0.3, -0.25) is 0 Å². The largest absolute Gasteiger partial charge is 0.365 e. The van der Waals surface area contributed by atoms with Crippen molar-refractivity contribution in [3.8, 4) is 0 Å². The maximum absolute atomic E-state index is 6.16. The minimum atomic E-state index is -0.925. The van der Waals surface area contributed by atoms with E-state index < -0.39 is 30.1 Å². The maximum Gasteiger partial charge on any atom is 0.199 e. The molecule has 5 atom stereocenters. The number of fused-ring (bicyclic) bond motifs is 1. The van der Waals surface area contributed by atoms with Gasteiger partial charge in [0.15, 0.2) is 17.9 Å². The first-order chi connectivity index (χ1) is 11.9. The topological polar surface area (TPSA) is 55.4 Å². The van der Waals surface area contributed by atoms with Crippen LogP contribution >= 0.6 is 0 Å². The molecule has 3 rings (SSSR count). The van der Waals surface area contributed by atoms with Gasteiger partial charge < -0.3 is 28.4 Å². The van der Waals surface area contributed by atoms with Crippen molar-refractivity contribution in [1.82, 2.24) is 0 Å². The van der Waals surface area contributed by atoms with E-state index in [1.54, 1.807) is 14.2 Å². The molecule has 0 aliphatic carbocycles. The van der Waals surface area contributed by atoms with Crippen molar-refractivity contribution in [1.29, 1.82) is 0 Å². The van der Waals surface area contributed by atoms with E-state index in [0.717, 1.165) is 5.56 Å². The quantitative estimate of drug-likeness (QED) is 0.785. The minimum absolute atomic E-state index is 0.350. The predicted molar refractivity (Wildman–Crippen MR) is 90.8 cm³/mol. The van der Waals surface area contributed by atoms with Crippen LogP contribution < -0.4 is 0 Å². The molecule has 0 unspecified atom stereocenters. The second kappa shape index (κ2) is 7.31. The van der Waals surface area contributed by atoms with Gasteiger partial charge in [0.2, 0.25) is 0 Å². The zero-order valence-corrected chi connectivity index (χ0v) is 15.6. The van der Waals surface area contributed by atoms with Gasteiger partial charge >= 0.3 is 0 Å². The van der Waals surface area contributed by atoms with Crippen LogP contribution in [0.3, 0.4) is 0 Å². The van der Waals surface area contributed by atoms with Crippen LogP contribution in [0.4, 0.5) is 0 Å². The molecule has 2 aliphatic rings. The molecular weight excluding hydrogens is 324 g/mol. The lowest BCUT2D eigenvalue weighted by atomic mass is 9.93. The molecule has 6 heteroatoms. The third-order valence-electron chi connectivity index (χ3n) is 4.83. The second-order valence-corrected chi connectivity index (χ2v) is 6.87. The lowest BCUT2D eigenvalue weighted by Gasteiger charge is -2.47. The fourth-order valence-corrected chi connectivity index (χ4v) is 3.57. The molecule has 1 aromatic carbocycles. The first-order valence-corrected chi connectivity index (χ1v) is 8.71.